The van der Waals surface area contributed by atoms with Crippen LogP contribution >= 0.6 is 0 Å². The lowest BCUT2D eigenvalue weighted by atomic mass is 9.86. The maximum atomic E-state index is 12.1. The summed E-state index contributed by atoms with van der Waals surface area (Å²) < 4.78 is 0. The summed E-state index contributed by atoms with van der Waals surface area (Å²) in [5, 5.41) is 12.0. The van der Waals surface area contributed by atoms with E-state index in [1.807, 2.05) is 6.92 Å². The predicted molar refractivity (Wildman–Crippen MR) is 74.9 cm³/mol. The SMILES string of the molecule is CCC(C)(CNC(=O)C1CCCCCCC1)C(=O)O. The van der Waals surface area contributed by atoms with Gasteiger partial charge in [0.05, 0.1) is 5.41 Å². The van der Waals surface area contributed by atoms with E-state index < -0.39 is 11.4 Å². The minimum Gasteiger partial charge on any atom is -0.481 e. The van der Waals surface area contributed by atoms with Crippen molar-refractivity contribution in [3.63, 3.8) is 0 Å². The average Bonchev–Trinajstić information content (AvgIpc) is 2.35. The van der Waals surface area contributed by atoms with Crippen molar-refractivity contribution in [2.75, 3.05) is 6.54 Å². The van der Waals surface area contributed by atoms with E-state index in [2.05, 4.69) is 5.32 Å². The fourth-order valence-corrected chi connectivity index (χ4v) is 2.50. The van der Waals surface area contributed by atoms with Crippen molar-refractivity contribution < 1.29 is 14.7 Å². The van der Waals surface area contributed by atoms with Crippen molar-refractivity contribution in [1.29, 1.82) is 0 Å². The molecule has 0 bridgehead atoms. The molecule has 0 aromatic rings. The topological polar surface area (TPSA) is 66.4 Å². The van der Waals surface area contributed by atoms with Gasteiger partial charge in [-0.05, 0) is 26.2 Å². The summed E-state index contributed by atoms with van der Waals surface area (Å²) in [4.78, 5) is 23.3. The largest absolute Gasteiger partial charge is 0.481 e. The van der Waals surface area contributed by atoms with Crippen molar-refractivity contribution in [3.8, 4) is 0 Å². The third-order valence-corrected chi connectivity index (χ3v) is 4.43. The Hall–Kier alpha value is -1.06. The lowest BCUT2D eigenvalue weighted by molar-refractivity contribution is -0.148. The summed E-state index contributed by atoms with van der Waals surface area (Å²) in [6.45, 7) is 3.76. The fraction of sp³-hybridized carbons (Fsp3) is 0.867. The Morgan fingerprint density at radius 1 is 1.16 bits per heavy atom. The maximum Gasteiger partial charge on any atom is 0.311 e. The Morgan fingerprint density at radius 3 is 2.16 bits per heavy atom. The van der Waals surface area contributed by atoms with E-state index in [-0.39, 0.29) is 18.4 Å². The highest BCUT2D eigenvalue weighted by molar-refractivity contribution is 5.80. The first-order chi connectivity index (χ1) is 8.99. The van der Waals surface area contributed by atoms with Crippen molar-refractivity contribution in [2.45, 2.75) is 65.2 Å². The molecule has 1 unspecified atom stereocenters. The zero-order valence-electron chi connectivity index (χ0n) is 12.2. The van der Waals surface area contributed by atoms with Crippen LogP contribution in [-0.4, -0.2) is 23.5 Å². The van der Waals surface area contributed by atoms with Crippen LogP contribution < -0.4 is 5.32 Å². The second-order valence-corrected chi connectivity index (χ2v) is 5.98. The molecule has 1 atom stereocenters. The van der Waals surface area contributed by atoms with Gasteiger partial charge in [-0.25, -0.2) is 0 Å². The fourth-order valence-electron chi connectivity index (χ4n) is 2.50. The van der Waals surface area contributed by atoms with Crippen molar-refractivity contribution in [2.24, 2.45) is 11.3 Å². The lowest BCUT2D eigenvalue weighted by Crippen LogP contribution is -2.42. The molecule has 0 spiro atoms. The number of carbonyl (C=O) groups is 2. The van der Waals surface area contributed by atoms with Gasteiger partial charge in [0.2, 0.25) is 5.91 Å². The Kier molecular flexibility index (Phi) is 6.32. The number of amides is 1. The van der Waals surface area contributed by atoms with Crippen LogP contribution in [0, 0.1) is 11.3 Å². The molecule has 19 heavy (non-hydrogen) atoms. The van der Waals surface area contributed by atoms with Crippen LogP contribution in [0.25, 0.3) is 0 Å². The predicted octanol–water partition coefficient (Wildman–Crippen LogP) is 2.96. The Bertz CT molecular complexity index is 309. The highest BCUT2D eigenvalue weighted by Gasteiger charge is 2.32. The second kappa shape index (κ2) is 7.51. The molecule has 0 radical (unpaired) electrons. The van der Waals surface area contributed by atoms with Crippen LogP contribution in [0.2, 0.25) is 0 Å². The van der Waals surface area contributed by atoms with Gasteiger partial charge in [0.1, 0.15) is 0 Å². The van der Waals surface area contributed by atoms with Crippen LogP contribution in [0.5, 0.6) is 0 Å². The normalized spacial score (nSPS) is 20.9. The molecule has 2 N–H and O–H groups in total. The molecule has 4 heteroatoms. The van der Waals surface area contributed by atoms with Gasteiger partial charge in [-0.3, -0.25) is 9.59 Å². The molecular formula is C15H27NO3. The number of nitrogens with one attached hydrogen (secondary N) is 1. The molecule has 0 aromatic heterocycles. The lowest BCUT2D eigenvalue weighted by Gasteiger charge is -2.25. The van der Waals surface area contributed by atoms with Crippen LogP contribution in [0.15, 0.2) is 0 Å². The Balaban J connectivity index is 2.46. The zero-order chi connectivity index (χ0) is 14.3. The standard InChI is InChI=1S/C15H27NO3/c1-3-15(2,14(18)19)11-16-13(17)12-9-7-5-4-6-8-10-12/h12H,3-11H2,1-2H3,(H,16,17)(H,18,19). The number of carbonyl (C=O) groups excluding carboxylic acids is 1. The maximum absolute atomic E-state index is 12.1. The van der Waals surface area contributed by atoms with E-state index in [9.17, 15) is 14.7 Å². The van der Waals surface area contributed by atoms with Crippen LogP contribution in [0.3, 0.4) is 0 Å². The third-order valence-electron chi connectivity index (χ3n) is 4.43. The van der Waals surface area contributed by atoms with Crippen LogP contribution in [0.1, 0.15) is 65.2 Å². The van der Waals surface area contributed by atoms with Gasteiger partial charge < -0.3 is 10.4 Å². The Morgan fingerprint density at radius 2 is 1.68 bits per heavy atom. The molecule has 1 amide bonds. The van der Waals surface area contributed by atoms with Gasteiger partial charge in [-0.1, -0.05) is 39.0 Å². The van der Waals surface area contributed by atoms with Crippen LogP contribution in [0.4, 0.5) is 0 Å². The molecule has 1 aliphatic rings. The summed E-state index contributed by atoms with van der Waals surface area (Å²) in [5.74, 6) is -0.717. The van der Waals surface area contributed by atoms with Crippen LogP contribution in [-0.2, 0) is 9.59 Å². The molecule has 1 rings (SSSR count). The number of hydrogen-bond donors (Lipinski definition) is 2. The molecule has 1 aliphatic carbocycles. The summed E-state index contributed by atoms with van der Waals surface area (Å²) in [6, 6.07) is 0. The highest BCUT2D eigenvalue weighted by atomic mass is 16.4. The highest BCUT2D eigenvalue weighted by Crippen LogP contribution is 2.24. The van der Waals surface area contributed by atoms with E-state index >= 15 is 0 Å². The molecule has 1 saturated carbocycles. The summed E-state index contributed by atoms with van der Waals surface area (Å²) >= 11 is 0. The summed E-state index contributed by atoms with van der Waals surface area (Å²) in [7, 11) is 0. The van der Waals surface area contributed by atoms with Crippen molar-refractivity contribution in [1.82, 2.24) is 5.32 Å². The second-order valence-electron chi connectivity index (χ2n) is 5.98. The first-order valence-electron chi connectivity index (χ1n) is 7.50. The molecule has 0 aromatic carbocycles. The van der Waals surface area contributed by atoms with E-state index in [1.165, 1.54) is 19.3 Å². The summed E-state index contributed by atoms with van der Waals surface area (Å²) in [5.41, 5.74) is -0.850. The van der Waals surface area contributed by atoms with E-state index in [0.717, 1.165) is 25.7 Å². The third kappa shape index (κ3) is 4.84. The number of aliphatic carboxylic acids is 1. The minimum atomic E-state index is -0.850. The van der Waals surface area contributed by atoms with Crippen molar-refractivity contribution >= 4 is 11.9 Å². The monoisotopic (exact) mass is 269 g/mol. The first-order valence-corrected chi connectivity index (χ1v) is 7.50. The van der Waals surface area contributed by atoms with Gasteiger partial charge in [0.15, 0.2) is 0 Å². The van der Waals surface area contributed by atoms with Crippen molar-refractivity contribution in [3.05, 3.63) is 0 Å². The van der Waals surface area contributed by atoms with E-state index in [0.29, 0.717) is 6.42 Å². The molecule has 110 valence electrons. The molecular weight excluding hydrogens is 242 g/mol. The minimum absolute atomic E-state index is 0.0443. The number of carboxylic acids is 1. The number of hydrogen-bond acceptors (Lipinski definition) is 2. The molecule has 0 saturated heterocycles. The molecule has 1 fully saturated rings. The van der Waals surface area contributed by atoms with E-state index in [1.54, 1.807) is 6.92 Å². The average molecular weight is 269 g/mol. The zero-order valence-corrected chi connectivity index (χ0v) is 12.2. The number of carboxylic acid groups (broad SMARTS) is 1. The molecule has 0 heterocycles. The smallest absolute Gasteiger partial charge is 0.311 e. The van der Waals surface area contributed by atoms with Gasteiger partial charge in [-0.2, -0.15) is 0 Å². The molecule has 0 aliphatic heterocycles. The van der Waals surface area contributed by atoms with Gasteiger partial charge in [0, 0.05) is 12.5 Å². The Labute approximate surface area is 116 Å². The van der Waals surface area contributed by atoms with Gasteiger partial charge in [-0.15, -0.1) is 0 Å². The quantitative estimate of drug-likeness (QED) is 0.806. The molecule has 4 nitrogen and oxygen atoms in total. The van der Waals surface area contributed by atoms with Gasteiger partial charge in [0.25, 0.3) is 0 Å². The van der Waals surface area contributed by atoms with E-state index in [4.69, 9.17) is 0 Å². The first kappa shape index (κ1) is 16.0. The summed E-state index contributed by atoms with van der Waals surface area (Å²) in [6.07, 6.45) is 8.35. The number of rotatable bonds is 5. The van der Waals surface area contributed by atoms with Gasteiger partial charge >= 0.3 is 5.97 Å².